The van der Waals surface area contributed by atoms with E-state index >= 15 is 0 Å². The van der Waals surface area contributed by atoms with Crippen LogP contribution in [0.3, 0.4) is 0 Å². The van der Waals surface area contributed by atoms with E-state index in [9.17, 15) is 4.79 Å². The highest BCUT2D eigenvalue weighted by Crippen LogP contribution is 2.11. The fourth-order valence-corrected chi connectivity index (χ4v) is 1.69. The number of ether oxygens (including phenoxy) is 1. The number of hydrogen-bond donors (Lipinski definition) is 1. The van der Waals surface area contributed by atoms with Crippen LogP contribution in [-0.2, 0) is 0 Å². The Morgan fingerprint density at radius 1 is 1.43 bits per heavy atom. The van der Waals surface area contributed by atoms with Crippen LogP contribution in [0.5, 0.6) is 5.75 Å². The van der Waals surface area contributed by atoms with Crippen LogP contribution >= 0.6 is 0 Å². The molecule has 1 N–H and O–H groups in total. The van der Waals surface area contributed by atoms with Crippen LogP contribution < -0.4 is 10.1 Å². The van der Waals surface area contributed by atoms with Crippen molar-refractivity contribution in [2.75, 3.05) is 13.2 Å². The van der Waals surface area contributed by atoms with Gasteiger partial charge in [-0.05, 0) is 26.0 Å². The standard InChI is InChI=1S/C15H15N3O3/c1-11-14(12(2)21-18-11)15(19)17-8-3-4-9-20-13-6-5-7-16-10-13/h5-7,10H,8-9H2,1-2H3,(H,17,19). The minimum Gasteiger partial charge on any atom is -0.479 e. The third kappa shape index (κ3) is 4.08. The molecule has 0 aliphatic carbocycles. The fraction of sp³-hybridized carbons (Fsp3) is 0.267. The van der Waals surface area contributed by atoms with E-state index in [0.29, 0.717) is 22.8 Å². The molecule has 2 rings (SSSR count). The number of carbonyl (C=O) groups excluding carboxylic acids is 1. The Hall–Kier alpha value is -2.81. The smallest absolute Gasteiger partial charge is 0.257 e. The minimum absolute atomic E-state index is 0.235. The van der Waals surface area contributed by atoms with Crippen molar-refractivity contribution in [1.82, 2.24) is 15.5 Å². The third-order valence-corrected chi connectivity index (χ3v) is 2.67. The molecule has 2 aromatic rings. The van der Waals surface area contributed by atoms with Crippen molar-refractivity contribution in [3.8, 4) is 17.6 Å². The molecule has 6 nitrogen and oxygen atoms in total. The zero-order valence-electron chi connectivity index (χ0n) is 11.8. The molecule has 0 saturated heterocycles. The summed E-state index contributed by atoms with van der Waals surface area (Å²) in [4.78, 5) is 15.8. The molecule has 0 aliphatic heterocycles. The largest absolute Gasteiger partial charge is 0.479 e. The Kier molecular flexibility index (Phi) is 4.94. The second-order valence-corrected chi connectivity index (χ2v) is 4.21. The van der Waals surface area contributed by atoms with Gasteiger partial charge in [-0.1, -0.05) is 17.0 Å². The maximum atomic E-state index is 11.9. The SMILES string of the molecule is Cc1noc(C)c1C(=O)NCC#CCOc1cccnc1. The van der Waals surface area contributed by atoms with Crippen LogP contribution in [0, 0.1) is 25.7 Å². The molecule has 0 saturated carbocycles. The molecule has 0 atom stereocenters. The van der Waals surface area contributed by atoms with Crippen molar-refractivity contribution in [3.05, 3.63) is 41.5 Å². The molecule has 1 amide bonds. The Morgan fingerprint density at radius 3 is 2.95 bits per heavy atom. The molecular weight excluding hydrogens is 270 g/mol. The average molecular weight is 285 g/mol. The second-order valence-electron chi connectivity index (χ2n) is 4.21. The lowest BCUT2D eigenvalue weighted by molar-refractivity contribution is 0.0956. The van der Waals surface area contributed by atoms with Crippen molar-refractivity contribution in [1.29, 1.82) is 0 Å². The van der Waals surface area contributed by atoms with Crippen LogP contribution in [-0.4, -0.2) is 29.2 Å². The van der Waals surface area contributed by atoms with Gasteiger partial charge in [-0.3, -0.25) is 9.78 Å². The van der Waals surface area contributed by atoms with Crippen LogP contribution in [0.4, 0.5) is 0 Å². The van der Waals surface area contributed by atoms with Crippen molar-refractivity contribution in [2.24, 2.45) is 0 Å². The zero-order valence-corrected chi connectivity index (χ0v) is 11.8. The normalized spacial score (nSPS) is 9.62. The van der Waals surface area contributed by atoms with Gasteiger partial charge in [-0.25, -0.2) is 0 Å². The molecule has 6 heteroatoms. The molecule has 2 heterocycles. The van der Waals surface area contributed by atoms with Gasteiger partial charge in [0.05, 0.1) is 18.4 Å². The summed E-state index contributed by atoms with van der Waals surface area (Å²) in [5.41, 5.74) is 1.03. The molecule has 0 radical (unpaired) electrons. The van der Waals surface area contributed by atoms with Crippen molar-refractivity contribution >= 4 is 5.91 Å². The molecule has 0 aliphatic rings. The maximum absolute atomic E-state index is 11.9. The number of pyridine rings is 1. The number of hydrogen-bond acceptors (Lipinski definition) is 5. The molecule has 0 spiro atoms. The number of amides is 1. The molecule has 0 aromatic carbocycles. The number of carbonyl (C=O) groups is 1. The van der Waals surface area contributed by atoms with Crippen LogP contribution in [0.2, 0.25) is 0 Å². The van der Waals surface area contributed by atoms with E-state index in [-0.39, 0.29) is 19.1 Å². The van der Waals surface area contributed by atoms with Crippen LogP contribution in [0.15, 0.2) is 29.0 Å². The second kappa shape index (κ2) is 7.10. The van der Waals surface area contributed by atoms with E-state index in [1.165, 1.54) is 0 Å². The fourth-order valence-electron chi connectivity index (χ4n) is 1.69. The summed E-state index contributed by atoms with van der Waals surface area (Å²) in [6.45, 7) is 3.90. The summed E-state index contributed by atoms with van der Waals surface area (Å²) in [7, 11) is 0. The van der Waals surface area contributed by atoms with E-state index < -0.39 is 0 Å². The number of aryl methyl sites for hydroxylation is 2. The van der Waals surface area contributed by atoms with Gasteiger partial charge in [0.1, 0.15) is 23.7 Å². The summed E-state index contributed by atoms with van der Waals surface area (Å²) < 4.78 is 10.3. The van der Waals surface area contributed by atoms with Crippen LogP contribution in [0.25, 0.3) is 0 Å². The lowest BCUT2D eigenvalue weighted by Gasteiger charge is -2.00. The topological polar surface area (TPSA) is 77.2 Å². The number of nitrogens with zero attached hydrogens (tertiary/aromatic N) is 2. The van der Waals surface area contributed by atoms with Gasteiger partial charge in [-0.15, -0.1) is 0 Å². The number of rotatable bonds is 4. The lowest BCUT2D eigenvalue weighted by Crippen LogP contribution is -2.24. The van der Waals surface area contributed by atoms with Gasteiger partial charge in [0.25, 0.3) is 5.91 Å². The number of aromatic nitrogens is 2. The maximum Gasteiger partial charge on any atom is 0.257 e. The summed E-state index contributed by atoms with van der Waals surface area (Å²) >= 11 is 0. The molecule has 0 unspecified atom stereocenters. The predicted molar refractivity (Wildman–Crippen MR) is 75.8 cm³/mol. The van der Waals surface area contributed by atoms with E-state index in [1.807, 2.05) is 0 Å². The predicted octanol–water partition coefficient (Wildman–Crippen LogP) is 1.50. The molecule has 21 heavy (non-hydrogen) atoms. The first-order valence-electron chi connectivity index (χ1n) is 6.38. The first kappa shape index (κ1) is 14.6. The summed E-state index contributed by atoms with van der Waals surface area (Å²) in [5, 5.41) is 6.42. The van der Waals surface area contributed by atoms with Gasteiger partial charge >= 0.3 is 0 Å². The monoisotopic (exact) mass is 285 g/mol. The third-order valence-electron chi connectivity index (χ3n) is 2.67. The van der Waals surface area contributed by atoms with Crippen molar-refractivity contribution in [2.45, 2.75) is 13.8 Å². The van der Waals surface area contributed by atoms with Crippen molar-refractivity contribution in [3.63, 3.8) is 0 Å². The lowest BCUT2D eigenvalue weighted by atomic mass is 10.2. The van der Waals surface area contributed by atoms with E-state index in [0.717, 1.165) is 0 Å². The van der Waals surface area contributed by atoms with Gasteiger partial charge in [-0.2, -0.15) is 0 Å². The Balaban J connectivity index is 1.75. The highest BCUT2D eigenvalue weighted by atomic mass is 16.5. The van der Waals surface area contributed by atoms with E-state index in [1.54, 1.807) is 38.4 Å². The number of nitrogens with one attached hydrogen (secondary N) is 1. The molecule has 0 fully saturated rings. The first-order valence-corrected chi connectivity index (χ1v) is 6.38. The summed E-state index contributed by atoms with van der Waals surface area (Å²) in [6, 6.07) is 3.58. The van der Waals surface area contributed by atoms with Crippen molar-refractivity contribution < 1.29 is 14.1 Å². The van der Waals surface area contributed by atoms with Gasteiger partial charge in [0.2, 0.25) is 0 Å². The van der Waals surface area contributed by atoms with Crippen LogP contribution in [0.1, 0.15) is 21.8 Å². The highest BCUT2D eigenvalue weighted by Gasteiger charge is 2.16. The molecule has 108 valence electrons. The van der Waals surface area contributed by atoms with E-state index in [2.05, 4.69) is 27.3 Å². The van der Waals surface area contributed by atoms with Gasteiger partial charge < -0.3 is 14.6 Å². The highest BCUT2D eigenvalue weighted by molar-refractivity contribution is 5.96. The van der Waals surface area contributed by atoms with E-state index in [4.69, 9.17) is 9.26 Å². The Bertz CT molecular complexity index is 649. The molecule has 2 aromatic heterocycles. The van der Waals surface area contributed by atoms with Gasteiger partial charge in [0.15, 0.2) is 0 Å². The average Bonchev–Trinajstić information content (AvgIpc) is 2.83. The summed E-state index contributed by atoms with van der Waals surface area (Å²) in [5.74, 6) is 6.53. The molecule has 0 bridgehead atoms. The summed E-state index contributed by atoms with van der Waals surface area (Å²) in [6.07, 6.45) is 3.28. The Morgan fingerprint density at radius 2 is 2.29 bits per heavy atom. The Labute approximate surface area is 122 Å². The zero-order chi connectivity index (χ0) is 15.1. The molecular formula is C15H15N3O3. The minimum atomic E-state index is -0.242. The quantitative estimate of drug-likeness (QED) is 0.861. The first-order chi connectivity index (χ1) is 10.2. The van der Waals surface area contributed by atoms with Gasteiger partial charge in [0, 0.05) is 6.20 Å².